The zero-order valence-electron chi connectivity index (χ0n) is 20.3. The summed E-state index contributed by atoms with van der Waals surface area (Å²) in [5, 5.41) is 12.7. The molecule has 7 nitrogen and oxygen atoms in total. The average Bonchev–Trinajstić information content (AvgIpc) is 2.87. The molecule has 11 heteroatoms. The summed E-state index contributed by atoms with van der Waals surface area (Å²) >= 11 is 0. The molecule has 198 valence electrons. The number of piperazine rings is 1. The van der Waals surface area contributed by atoms with E-state index in [1.165, 1.54) is 6.92 Å². The fourth-order valence-corrected chi connectivity index (χ4v) is 4.71. The van der Waals surface area contributed by atoms with Gasteiger partial charge in [-0.1, -0.05) is 36.4 Å². The smallest absolute Gasteiger partial charge is 0.395 e. The van der Waals surface area contributed by atoms with Crippen LogP contribution in [0.25, 0.3) is 0 Å². The molecule has 4 rings (SSSR count). The highest BCUT2D eigenvalue weighted by Crippen LogP contribution is 2.33. The van der Waals surface area contributed by atoms with E-state index in [2.05, 4.69) is 5.32 Å². The predicted octanol–water partition coefficient (Wildman–Crippen LogP) is 2.54. The van der Waals surface area contributed by atoms with E-state index in [4.69, 9.17) is 0 Å². The number of nitrogens with one attached hydrogen (secondary N) is 1. The van der Waals surface area contributed by atoms with Gasteiger partial charge in [-0.25, -0.2) is 9.18 Å². The van der Waals surface area contributed by atoms with E-state index < -0.39 is 40.9 Å². The third-order valence-corrected chi connectivity index (χ3v) is 6.66. The van der Waals surface area contributed by atoms with Gasteiger partial charge in [0.25, 0.3) is 5.56 Å². The highest BCUT2D eigenvalue weighted by Gasteiger charge is 2.35. The van der Waals surface area contributed by atoms with Crippen molar-refractivity contribution in [2.45, 2.75) is 38.7 Å². The number of aromatic nitrogens is 2. The van der Waals surface area contributed by atoms with Crippen LogP contribution in [0.3, 0.4) is 0 Å². The second-order valence-corrected chi connectivity index (χ2v) is 9.04. The molecule has 1 aliphatic rings. The Morgan fingerprint density at radius 2 is 1.78 bits per heavy atom. The van der Waals surface area contributed by atoms with Gasteiger partial charge < -0.3 is 15.3 Å². The Kier molecular flexibility index (Phi) is 7.84. The van der Waals surface area contributed by atoms with Gasteiger partial charge in [0.05, 0.1) is 18.7 Å². The van der Waals surface area contributed by atoms with E-state index in [1.54, 1.807) is 4.90 Å². The molecule has 2 aromatic carbocycles. The van der Waals surface area contributed by atoms with Crippen molar-refractivity contribution in [2.75, 3.05) is 31.1 Å². The first kappa shape index (κ1) is 26.6. The maximum Gasteiger partial charge on any atom is 0.416 e. The van der Waals surface area contributed by atoms with E-state index in [-0.39, 0.29) is 37.1 Å². The third-order valence-electron chi connectivity index (χ3n) is 6.66. The summed E-state index contributed by atoms with van der Waals surface area (Å²) in [4.78, 5) is 28.8. The van der Waals surface area contributed by atoms with Crippen molar-refractivity contribution < 1.29 is 22.7 Å². The largest absolute Gasteiger partial charge is 0.416 e. The van der Waals surface area contributed by atoms with Crippen molar-refractivity contribution in [1.82, 2.24) is 14.5 Å². The maximum absolute atomic E-state index is 14.7. The van der Waals surface area contributed by atoms with Gasteiger partial charge in [0, 0.05) is 43.5 Å². The number of aliphatic hydroxyl groups excluding tert-OH is 1. The monoisotopic (exact) mass is 520 g/mol. The highest BCUT2D eigenvalue weighted by molar-refractivity contribution is 5.50. The van der Waals surface area contributed by atoms with Crippen LogP contribution in [-0.2, 0) is 25.7 Å². The van der Waals surface area contributed by atoms with Crippen LogP contribution >= 0.6 is 0 Å². The Bertz CT molecular complexity index is 1370. The zero-order chi connectivity index (χ0) is 26.7. The summed E-state index contributed by atoms with van der Waals surface area (Å²) in [6, 6.07) is 11.5. The summed E-state index contributed by atoms with van der Waals surface area (Å²) in [6.07, 6.45) is -4.49. The molecule has 1 atom stereocenters. The molecule has 0 saturated carbocycles. The molecule has 0 aliphatic carbocycles. The number of aliphatic hydroxyl groups is 1. The van der Waals surface area contributed by atoms with Crippen molar-refractivity contribution in [3.63, 3.8) is 0 Å². The lowest BCUT2D eigenvalue weighted by atomic mass is 10.1. The second kappa shape index (κ2) is 10.9. The average molecular weight is 521 g/mol. The van der Waals surface area contributed by atoms with Crippen LogP contribution in [0, 0.1) is 12.7 Å². The first-order chi connectivity index (χ1) is 17.6. The van der Waals surface area contributed by atoms with Crippen molar-refractivity contribution in [3.05, 3.63) is 97.6 Å². The molecule has 2 heterocycles. The van der Waals surface area contributed by atoms with E-state index in [0.717, 1.165) is 32.9 Å². The first-order valence-corrected chi connectivity index (χ1v) is 11.9. The molecule has 0 spiro atoms. The Labute approximate surface area is 210 Å². The number of aryl methyl sites for hydroxylation is 1. The van der Waals surface area contributed by atoms with Gasteiger partial charge in [-0.2, -0.15) is 13.2 Å². The number of benzene rings is 2. The Hall–Kier alpha value is -3.44. The van der Waals surface area contributed by atoms with Gasteiger partial charge in [0.15, 0.2) is 0 Å². The molecule has 2 N–H and O–H groups in total. The van der Waals surface area contributed by atoms with Gasteiger partial charge in [-0.3, -0.25) is 13.9 Å². The van der Waals surface area contributed by atoms with Crippen LogP contribution in [0.5, 0.6) is 0 Å². The molecule has 1 aromatic heterocycles. The Morgan fingerprint density at radius 3 is 2.46 bits per heavy atom. The van der Waals surface area contributed by atoms with Gasteiger partial charge in [-0.15, -0.1) is 0 Å². The summed E-state index contributed by atoms with van der Waals surface area (Å²) in [6.45, 7) is 1.70. The summed E-state index contributed by atoms with van der Waals surface area (Å²) in [5.74, 6) is -1.09. The molecule has 0 radical (unpaired) electrons. The molecule has 1 unspecified atom stereocenters. The minimum absolute atomic E-state index is 0.00607. The third kappa shape index (κ3) is 5.62. The molecular formula is C26H28F4N4O3. The summed E-state index contributed by atoms with van der Waals surface area (Å²) in [7, 11) is 0. The van der Waals surface area contributed by atoms with Gasteiger partial charge in [0.1, 0.15) is 11.5 Å². The highest BCUT2D eigenvalue weighted by atomic mass is 19.4. The molecule has 3 aromatic rings. The number of alkyl halides is 3. The van der Waals surface area contributed by atoms with E-state index in [9.17, 15) is 32.3 Å². The Morgan fingerprint density at radius 1 is 1.05 bits per heavy atom. The molecule has 1 saturated heterocycles. The van der Waals surface area contributed by atoms with Crippen molar-refractivity contribution in [2.24, 2.45) is 0 Å². The lowest BCUT2D eigenvalue weighted by molar-refractivity contribution is -0.138. The topological polar surface area (TPSA) is 79.5 Å². The minimum atomic E-state index is -4.83. The standard InChI is InChI=1S/C26H28F4N4O3/c1-17-23(32-13-11-31-19(14-32)16-35)24(36)33(12-10-18-6-3-2-4-7-18)25(37)34(17)15-20-21(26(28,29)30)8-5-9-22(20)27/h2-9,19,31,35H,10-16H2,1H3. The predicted molar refractivity (Wildman–Crippen MR) is 131 cm³/mol. The van der Waals surface area contributed by atoms with Crippen LogP contribution in [0.1, 0.15) is 22.4 Å². The van der Waals surface area contributed by atoms with Gasteiger partial charge in [-0.05, 0) is 31.0 Å². The van der Waals surface area contributed by atoms with Gasteiger partial charge in [0.2, 0.25) is 0 Å². The van der Waals surface area contributed by atoms with Crippen LogP contribution in [0.15, 0.2) is 58.1 Å². The normalized spacial score (nSPS) is 16.3. The van der Waals surface area contributed by atoms with E-state index >= 15 is 0 Å². The maximum atomic E-state index is 14.7. The molecule has 0 amide bonds. The fourth-order valence-electron chi connectivity index (χ4n) is 4.71. The van der Waals surface area contributed by atoms with Crippen LogP contribution < -0.4 is 21.5 Å². The molecule has 37 heavy (non-hydrogen) atoms. The number of hydrogen-bond donors (Lipinski definition) is 2. The van der Waals surface area contributed by atoms with E-state index in [0.29, 0.717) is 19.5 Å². The first-order valence-electron chi connectivity index (χ1n) is 11.9. The molecule has 0 bridgehead atoms. The number of nitrogens with zero attached hydrogens (tertiary/aromatic N) is 3. The minimum Gasteiger partial charge on any atom is -0.395 e. The van der Waals surface area contributed by atoms with E-state index in [1.807, 2.05) is 30.3 Å². The van der Waals surface area contributed by atoms with Gasteiger partial charge >= 0.3 is 11.9 Å². The quantitative estimate of drug-likeness (QED) is 0.469. The van der Waals surface area contributed by atoms with Crippen LogP contribution in [0.2, 0.25) is 0 Å². The molecule has 1 aliphatic heterocycles. The molecule has 1 fully saturated rings. The van der Waals surface area contributed by atoms with Crippen molar-refractivity contribution in [1.29, 1.82) is 0 Å². The van der Waals surface area contributed by atoms with Crippen LogP contribution in [0.4, 0.5) is 23.2 Å². The number of rotatable bonds is 7. The summed E-state index contributed by atoms with van der Waals surface area (Å²) < 4.78 is 57.8. The second-order valence-electron chi connectivity index (χ2n) is 9.04. The number of hydrogen-bond acceptors (Lipinski definition) is 5. The SMILES string of the molecule is Cc1c(N2CCNC(CO)C2)c(=O)n(CCc2ccccc2)c(=O)n1Cc1c(F)cccc1C(F)(F)F. The van der Waals surface area contributed by atoms with Crippen molar-refractivity contribution in [3.8, 4) is 0 Å². The summed E-state index contributed by atoms with van der Waals surface area (Å²) in [5.41, 5.74) is -2.07. The van der Waals surface area contributed by atoms with Crippen LogP contribution in [-0.4, -0.2) is 46.5 Å². The number of halogens is 4. The Balaban J connectivity index is 1.86. The van der Waals surface area contributed by atoms with Crippen molar-refractivity contribution >= 4 is 5.69 Å². The fraction of sp³-hybridized carbons (Fsp3) is 0.385. The number of anilines is 1. The lowest BCUT2D eigenvalue weighted by Gasteiger charge is -2.35. The lowest BCUT2D eigenvalue weighted by Crippen LogP contribution is -2.55. The zero-order valence-corrected chi connectivity index (χ0v) is 20.3. The molecular weight excluding hydrogens is 492 g/mol.